The number of rotatable bonds is 3. The molecule has 0 aliphatic heterocycles. The molecule has 18 heavy (non-hydrogen) atoms. The molecule has 0 radical (unpaired) electrons. The van der Waals surface area contributed by atoms with Gasteiger partial charge >= 0.3 is 0 Å². The number of H-pyrrole nitrogens is 1. The molecule has 0 spiro atoms. The van der Waals surface area contributed by atoms with Crippen LogP contribution < -0.4 is 5.32 Å². The van der Waals surface area contributed by atoms with Gasteiger partial charge in [-0.05, 0) is 48.9 Å². The highest BCUT2D eigenvalue weighted by Crippen LogP contribution is 2.24. The predicted octanol–water partition coefficient (Wildman–Crippen LogP) is 3.85. The van der Waals surface area contributed by atoms with Gasteiger partial charge in [-0.1, -0.05) is 0 Å². The van der Waals surface area contributed by atoms with Gasteiger partial charge in [0.2, 0.25) is 0 Å². The van der Waals surface area contributed by atoms with E-state index in [2.05, 4.69) is 52.1 Å². The third-order valence-corrected chi connectivity index (χ3v) is 4.10. The van der Waals surface area contributed by atoms with Crippen LogP contribution in [0.15, 0.2) is 29.6 Å². The molecule has 2 aromatic heterocycles. The second-order valence-electron chi connectivity index (χ2n) is 4.44. The van der Waals surface area contributed by atoms with Crippen molar-refractivity contribution in [2.24, 2.45) is 0 Å². The second kappa shape index (κ2) is 4.46. The van der Waals surface area contributed by atoms with E-state index < -0.39 is 0 Å². The van der Waals surface area contributed by atoms with Gasteiger partial charge in [-0.15, -0.1) is 11.3 Å². The van der Waals surface area contributed by atoms with Gasteiger partial charge in [0.15, 0.2) is 0 Å². The third kappa shape index (κ3) is 1.99. The summed E-state index contributed by atoms with van der Waals surface area (Å²) in [5, 5.41) is 14.1. The Morgan fingerprint density at radius 1 is 1.28 bits per heavy atom. The molecule has 1 aromatic carbocycles. The summed E-state index contributed by atoms with van der Waals surface area (Å²) in [7, 11) is 0. The van der Waals surface area contributed by atoms with Crippen molar-refractivity contribution in [1.29, 1.82) is 0 Å². The van der Waals surface area contributed by atoms with Crippen LogP contribution in [0.3, 0.4) is 0 Å². The van der Waals surface area contributed by atoms with E-state index in [1.54, 1.807) is 11.3 Å². The average molecular weight is 257 g/mol. The van der Waals surface area contributed by atoms with Crippen molar-refractivity contribution in [1.82, 2.24) is 10.2 Å². The molecule has 2 heterocycles. The summed E-state index contributed by atoms with van der Waals surface area (Å²) in [6.45, 7) is 4.89. The number of benzene rings is 1. The molecule has 2 N–H and O–H groups in total. The standard InChI is InChI=1S/C14H15N3S/c1-9-13(10(2)17-16-9)8-15-12-3-4-14-11(7-12)5-6-18-14/h3-7,15H,8H2,1-2H3,(H,16,17). The van der Waals surface area contributed by atoms with E-state index in [9.17, 15) is 0 Å². The molecule has 0 aliphatic carbocycles. The lowest BCUT2D eigenvalue weighted by Gasteiger charge is -2.06. The molecule has 0 amide bonds. The number of hydrogen-bond donors (Lipinski definition) is 2. The Balaban J connectivity index is 1.80. The van der Waals surface area contributed by atoms with Crippen molar-refractivity contribution >= 4 is 27.1 Å². The van der Waals surface area contributed by atoms with Gasteiger partial charge in [-0.2, -0.15) is 5.10 Å². The van der Waals surface area contributed by atoms with Crippen molar-refractivity contribution in [3.63, 3.8) is 0 Å². The Hall–Kier alpha value is -1.81. The minimum atomic E-state index is 0.809. The van der Waals surface area contributed by atoms with E-state index in [0.29, 0.717) is 0 Å². The zero-order chi connectivity index (χ0) is 12.5. The molecule has 92 valence electrons. The second-order valence-corrected chi connectivity index (χ2v) is 5.39. The minimum Gasteiger partial charge on any atom is -0.381 e. The third-order valence-electron chi connectivity index (χ3n) is 3.20. The van der Waals surface area contributed by atoms with Gasteiger partial charge in [0.25, 0.3) is 0 Å². The number of thiophene rings is 1. The highest BCUT2D eigenvalue weighted by Gasteiger charge is 2.05. The summed E-state index contributed by atoms with van der Waals surface area (Å²) in [4.78, 5) is 0. The van der Waals surface area contributed by atoms with E-state index >= 15 is 0 Å². The van der Waals surface area contributed by atoms with Crippen LogP contribution in [-0.4, -0.2) is 10.2 Å². The summed E-state index contributed by atoms with van der Waals surface area (Å²) in [5.41, 5.74) is 4.61. The van der Waals surface area contributed by atoms with Crippen LogP contribution in [0.2, 0.25) is 0 Å². The van der Waals surface area contributed by atoms with Crippen LogP contribution in [0.5, 0.6) is 0 Å². The number of nitrogens with zero attached hydrogens (tertiary/aromatic N) is 1. The number of nitrogens with one attached hydrogen (secondary N) is 2. The SMILES string of the molecule is Cc1n[nH]c(C)c1CNc1ccc2sccc2c1. The average Bonchev–Trinajstić information content (AvgIpc) is 2.94. The molecule has 0 aliphatic rings. The molecular formula is C14H15N3S. The van der Waals surface area contributed by atoms with Crippen molar-refractivity contribution in [2.45, 2.75) is 20.4 Å². The molecule has 3 aromatic rings. The van der Waals surface area contributed by atoms with Crippen LogP contribution in [0.1, 0.15) is 17.0 Å². The monoisotopic (exact) mass is 257 g/mol. The number of aromatic nitrogens is 2. The van der Waals surface area contributed by atoms with Crippen LogP contribution in [0, 0.1) is 13.8 Å². The first-order valence-corrected chi connectivity index (χ1v) is 6.83. The van der Waals surface area contributed by atoms with E-state index in [4.69, 9.17) is 0 Å². The quantitative estimate of drug-likeness (QED) is 0.748. The van der Waals surface area contributed by atoms with Crippen LogP contribution >= 0.6 is 11.3 Å². The van der Waals surface area contributed by atoms with E-state index in [-0.39, 0.29) is 0 Å². The number of fused-ring (bicyclic) bond motifs is 1. The number of aromatic amines is 1. The van der Waals surface area contributed by atoms with Crippen molar-refractivity contribution < 1.29 is 0 Å². The minimum absolute atomic E-state index is 0.809. The zero-order valence-corrected chi connectivity index (χ0v) is 11.3. The Morgan fingerprint density at radius 2 is 2.17 bits per heavy atom. The van der Waals surface area contributed by atoms with E-state index in [1.165, 1.54) is 15.6 Å². The lowest BCUT2D eigenvalue weighted by Crippen LogP contribution is -2.01. The zero-order valence-electron chi connectivity index (χ0n) is 10.4. The normalized spacial score (nSPS) is 11.0. The molecule has 0 unspecified atom stereocenters. The fraction of sp³-hybridized carbons (Fsp3) is 0.214. The summed E-state index contributed by atoms with van der Waals surface area (Å²) in [5.74, 6) is 0. The van der Waals surface area contributed by atoms with Crippen molar-refractivity contribution in [2.75, 3.05) is 5.32 Å². The number of anilines is 1. The van der Waals surface area contributed by atoms with Gasteiger partial charge in [0, 0.05) is 28.2 Å². The molecule has 0 fully saturated rings. The Kier molecular flexibility index (Phi) is 2.80. The molecule has 0 bridgehead atoms. The van der Waals surface area contributed by atoms with Crippen LogP contribution in [-0.2, 0) is 6.54 Å². The summed E-state index contributed by atoms with van der Waals surface area (Å²) in [6.07, 6.45) is 0. The van der Waals surface area contributed by atoms with Gasteiger partial charge in [-0.25, -0.2) is 0 Å². The summed E-state index contributed by atoms with van der Waals surface area (Å²) in [6, 6.07) is 8.64. The molecule has 3 nitrogen and oxygen atoms in total. The topological polar surface area (TPSA) is 40.7 Å². The fourth-order valence-corrected chi connectivity index (χ4v) is 2.87. The highest BCUT2D eigenvalue weighted by molar-refractivity contribution is 7.17. The van der Waals surface area contributed by atoms with Gasteiger partial charge in [-0.3, -0.25) is 5.10 Å². The maximum absolute atomic E-state index is 4.21. The summed E-state index contributed by atoms with van der Waals surface area (Å²) < 4.78 is 1.33. The maximum atomic E-state index is 4.21. The molecule has 3 rings (SSSR count). The first-order valence-electron chi connectivity index (χ1n) is 5.95. The van der Waals surface area contributed by atoms with Crippen molar-refractivity contribution in [3.8, 4) is 0 Å². The molecule has 0 saturated carbocycles. The Labute approximate surface area is 110 Å². The van der Waals surface area contributed by atoms with Crippen LogP contribution in [0.25, 0.3) is 10.1 Å². The molecule has 0 atom stereocenters. The van der Waals surface area contributed by atoms with Crippen molar-refractivity contribution in [3.05, 3.63) is 46.6 Å². The van der Waals surface area contributed by atoms with Crippen LogP contribution in [0.4, 0.5) is 5.69 Å². The summed E-state index contributed by atoms with van der Waals surface area (Å²) >= 11 is 1.77. The van der Waals surface area contributed by atoms with Gasteiger partial charge in [0.1, 0.15) is 0 Å². The van der Waals surface area contributed by atoms with Gasteiger partial charge < -0.3 is 5.32 Å². The maximum Gasteiger partial charge on any atom is 0.0643 e. The largest absolute Gasteiger partial charge is 0.381 e. The van der Waals surface area contributed by atoms with E-state index in [0.717, 1.165) is 23.6 Å². The Bertz CT molecular complexity index is 662. The predicted molar refractivity (Wildman–Crippen MR) is 77.2 cm³/mol. The highest BCUT2D eigenvalue weighted by atomic mass is 32.1. The fourth-order valence-electron chi connectivity index (χ4n) is 2.10. The lowest BCUT2D eigenvalue weighted by molar-refractivity contribution is 1.02. The molecule has 0 saturated heterocycles. The Morgan fingerprint density at radius 3 is 2.94 bits per heavy atom. The molecular weight excluding hydrogens is 242 g/mol. The molecule has 4 heteroatoms. The van der Waals surface area contributed by atoms with E-state index in [1.807, 2.05) is 6.92 Å². The number of hydrogen-bond acceptors (Lipinski definition) is 3. The van der Waals surface area contributed by atoms with Gasteiger partial charge in [0.05, 0.1) is 5.69 Å². The number of aryl methyl sites for hydroxylation is 2. The smallest absolute Gasteiger partial charge is 0.0643 e. The first-order chi connectivity index (χ1) is 8.74. The lowest BCUT2D eigenvalue weighted by atomic mass is 10.2. The first kappa shape index (κ1) is 11.3.